The van der Waals surface area contributed by atoms with Crippen LogP contribution in [-0.4, -0.2) is 10.9 Å². The van der Waals surface area contributed by atoms with Crippen LogP contribution in [0.1, 0.15) is 16.1 Å². The number of nitrogens with one attached hydrogen (secondary N) is 1. The molecule has 94 valence electrons. The molecule has 0 aliphatic carbocycles. The lowest BCUT2D eigenvalue weighted by Gasteiger charge is -2.06. The van der Waals surface area contributed by atoms with Crippen LogP contribution in [0.25, 0.3) is 0 Å². The predicted octanol–water partition coefficient (Wildman–Crippen LogP) is 3.62. The highest BCUT2D eigenvalue weighted by Gasteiger charge is 2.09. The summed E-state index contributed by atoms with van der Waals surface area (Å²) < 4.78 is 0.581. The van der Waals surface area contributed by atoms with Crippen LogP contribution in [0.4, 0.5) is 5.69 Å². The molecule has 4 nitrogen and oxygen atoms in total. The molecule has 1 N–H and O–H groups in total. The molecule has 19 heavy (non-hydrogen) atoms. The number of benzene rings is 1. The molecular formula is C13H7BrClN3O. The molecule has 0 bridgehead atoms. The lowest BCUT2D eigenvalue weighted by atomic mass is 10.2. The first-order chi connectivity index (χ1) is 9.10. The van der Waals surface area contributed by atoms with Crippen LogP contribution in [0.5, 0.6) is 0 Å². The van der Waals surface area contributed by atoms with E-state index in [4.69, 9.17) is 16.9 Å². The molecule has 0 fully saturated rings. The Labute approximate surface area is 123 Å². The van der Waals surface area contributed by atoms with Gasteiger partial charge in [0.25, 0.3) is 5.91 Å². The van der Waals surface area contributed by atoms with Crippen molar-refractivity contribution in [2.45, 2.75) is 0 Å². The van der Waals surface area contributed by atoms with Crippen LogP contribution in [0.15, 0.2) is 41.0 Å². The van der Waals surface area contributed by atoms with Crippen molar-refractivity contribution in [2.24, 2.45) is 0 Å². The number of aromatic nitrogens is 1. The van der Waals surface area contributed by atoms with Gasteiger partial charge in [0.1, 0.15) is 16.4 Å². The molecule has 0 aliphatic heterocycles. The molecule has 0 atom stereocenters. The number of amides is 1. The van der Waals surface area contributed by atoms with Crippen molar-refractivity contribution in [1.82, 2.24) is 4.98 Å². The van der Waals surface area contributed by atoms with Crippen molar-refractivity contribution < 1.29 is 4.79 Å². The Morgan fingerprint density at radius 3 is 2.79 bits per heavy atom. The van der Waals surface area contributed by atoms with E-state index in [2.05, 4.69) is 26.2 Å². The van der Waals surface area contributed by atoms with Gasteiger partial charge in [0.15, 0.2) is 0 Å². The molecule has 0 saturated carbocycles. The number of hydrogen-bond donors (Lipinski definition) is 1. The van der Waals surface area contributed by atoms with Gasteiger partial charge in [-0.15, -0.1) is 0 Å². The van der Waals surface area contributed by atoms with Crippen LogP contribution >= 0.6 is 27.5 Å². The van der Waals surface area contributed by atoms with Crippen LogP contribution in [0.3, 0.4) is 0 Å². The smallest absolute Gasteiger partial charge is 0.274 e. The van der Waals surface area contributed by atoms with Crippen molar-refractivity contribution in [3.8, 4) is 6.07 Å². The number of rotatable bonds is 2. The molecule has 0 unspecified atom stereocenters. The van der Waals surface area contributed by atoms with E-state index < -0.39 is 0 Å². The summed E-state index contributed by atoms with van der Waals surface area (Å²) in [7, 11) is 0. The van der Waals surface area contributed by atoms with E-state index in [-0.39, 0.29) is 11.6 Å². The number of carbonyl (C=O) groups is 1. The molecule has 1 amide bonds. The van der Waals surface area contributed by atoms with Gasteiger partial charge in [-0.05, 0) is 46.3 Å². The van der Waals surface area contributed by atoms with Gasteiger partial charge in [-0.2, -0.15) is 5.26 Å². The second-order valence-electron chi connectivity index (χ2n) is 3.61. The highest BCUT2D eigenvalue weighted by Crippen LogP contribution is 2.20. The maximum absolute atomic E-state index is 11.9. The van der Waals surface area contributed by atoms with E-state index in [1.54, 1.807) is 30.3 Å². The van der Waals surface area contributed by atoms with Crippen LogP contribution in [0, 0.1) is 11.3 Å². The second-order valence-corrected chi connectivity index (χ2v) is 4.83. The first-order valence-electron chi connectivity index (χ1n) is 5.23. The number of carbonyl (C=O) groups excluding carboxylic acids is 1. The van der Waals surface area contributed by atoms with Gasteiger partial charge >= 0.3 is 0 Å². The van der Waals surface area contributed by atoms with E-state index in [0.29, 0.717) is 20.9 Å². The van der Waals surface area contributed by atoms with E-state index >= 15 is 0 Å². The summed E-state index contributed by atoms with van der Waals surface area (Å²) in [5.74, 6) is -0.345. The number of nitrogens with zero attached hydrogens (tertiary/aromatic N) is 2. The van der Waals surface area contributed by atoms with Crippen LogP contribution in [0.2, 0.25) is 5.02 Å². The van der Waals surface area contributed by atoms with Crippen molar-refractivity contribution in [2.75, 3.05) is 5.32 Å². The Morgan fingerprint density at radius 2 is 2.16 bits per heavy atom. The number of halogens is 2. The fourth-order valence-corrected chi connectivity index (χ4v) is 1.98. The fourth-order valence-electron chi connectivity index (χ4n) is 1.41. The van der Waals surface area contributed by atoms with Gasteiger partial charge in [0.2, 0.25) is 0 Å². The molecule has 0 saturated heterocycles. The van der Waals surface area contributed by atoms with Crippen molar-refractivity contribution >= 4 is 39.1 Å². The molecule has 0 aliphatic rings. The van der Waals surface area contributed by atoms with Gasteiger partial charge in [0, 0.05) is 5.69 Å². The van der Waals surface area contributed by atoms with Gasteiger partial charge in [-0.1, -0.05) is 17.7 Å². The molecule has 2 aromatic rings. The molecule has 1 aromatic heterocycles. The molecule has 0 spiro atoms. The van der Waals surface area contributed by atoms with Crippen molar-refractivity contribution in [3.05, 3.63) is 57.3 Å². The highest BCUT2D eigenvalue weighted by molar-refractivity contribution is 9.10. The summed E-state index contributed by atoms with van der Waals surface area (Å²) in [5, 5.41) is 11.7. The Morgan fingerprint density at radius 1 is 1.37 bits per heavy atom. The zero-order chi connectivity index (χ0) is 13.8. The van der Waals surface area contributed by atoms with Crippen LogP contribution < -0.4 is 5.32 Å². The Bertz CT molecular complexity index is 682. The van der Waals surface area contributed by atoms with Gasteiger partial charge in [0.05, 0.1) is 10.6 Å². The van der Waals surface area contributed by atoms with E-state index in [1.165, 1.54) is 6.07 Å². The predicted molar refractivity (Wildman–Crippen MR) is 76.1 cm³/mol. The lowest BCUT2D eigenvalue weighted by Crippen LogP contribution is -2.13. The number of hydrogen-bond acceptors (Lipinski definition) is 3. The third kappa shape index (κ3) is 3.31. The highest BCUT2D eigenvalue weighted by atomic mass is 79.9. The fraction of sp³-hybridized carbons (Fsp3) is 0. The molecule has 2 rings (SSSR count). The Hall–Kier alpha value is -1.90. The standard InChI is InChI=1S/C13H7BrClN3O/c14-12-3-1-2-11(18-12)13(19)17-9-5-4-8(7-16)10(15)6-9/h1-6H,(H,17,19). The van der Waals surface area contributed by atoms with Crippen molar-refractivity contribution in [1.29, 1.82) is 5.26 Å². The molecular weight excluding hydrogens is 330 g/mol. The van der Waals surface area contributed by atoms with Gasteiger partial charge in [-0.25, -0.2) is 4.98 Å². The normalized spacial score (nSPS) is 9.74. The maximum atomic E-state index is 11.9. The molecule has 6 heteroatoms. The molecule has 1 heterocycles. The first-order valence-corrected chi connectivity index (χ1v) is 6.41. The largest absolute Gasteiger partial charge is 0.321 e. The average molecular weight is 337 g/mol. The van der Waals surface area contributed by atoms with Crippen molar-refractivity contribution in [3.63, 3.8) is 0 Å². The number of nitriles is 1. The summed E-state index contributed by atoms with van der Waals surface area (Å²) in [6.45, 7) is 0. The van der Waals surface area contributed by atoms with E-state index in [1.807, 2.05) is 6.07 Å². The van der Waals surface area contributed by atoms with Gasteiger partial charge in [-0.3, -0.25) is 4.79 Å². The third-order valence-corrected chi connectivity index (χ3v) is 3.05. The second kappa shape index (κ2) is 5.83. The average Bonchev–Trinajstić information content (AvgIpc) is 2.39. The first kappa shape index (κ1) is 13.5. The zero-order valence-electron chi connectivity index (χ0n) is 9.52. The summed E-state index contributed by atoms with van der Waals surface area (Å²) in [6.07, 6.45) is 0. The minimum absolute atomic E-state index is 0.287. The Balaban J connectivity index is 2.20. The summed E-state index contributed by atoms with van der Waals surface area (Å²) in [4.78, 5) is 16.0. The van der Waals surface area contributed by atoms with Crippen LogP contribution in [-0.2, 0) is 0 Å². The SMILES string of the molecule is N#Cc1ccc(NC(=O)c2cccc(Br)n2)cc1Cl. The zero-order valence-corrected chi connectivity index (χ0v) is 11.9. The minimum Gasteiger partial charge on any atom is -0.321 e. The third-order valence-electron chi connectivity index (χ3n) is 2.30. The summed E-state index contributed by atoms with van der Waals surface area (Å²) in [5.41, 5.74) is 1.16. The lowest BCUT2D eigenvalue weighted by molar-refractivity contribution is 0.102. The number of anilines is 1. The monoisotopic (exact) mass is 335 g/mol. The Kier molecular flexibility index (Phi) is 4.15. The summed E-state index contributed by atoms with van der Waals surface area (Å²) >= 11 is 9.09. The van der Waals surface area contributed by atoms with Gasteiger partial charge < -0.3 is 5.32 Å². The maximum Gasteiger partial charge on any atom is 0.274 e. The quantitative estimate of drug-likeness (QED) is 0.852. The molecule has 0 radical (unpaired) electrons. The molecule has 1 aromatic carbocycles. The van der Waals surface area contributed by atoms with E-state index in [0.717, 1.165) is 0 Å². The summed E-state index contributed by atoms with van der Waals surface area (Å²) in [6, 6.07) is 11.7. The van der Waals surface area contributed by atoms with E-state index in [9.17, 15) is 4.79 Å². The minimum atomic E-state index is -0.345. The topological polar surface area (TPSA) is 65.8 Å². The number of pyridine rings is 1.